The van der Waals surface area contributed by atoms with Gasteiger partial charge in [0.1, 0.15) is 11.9 Å². The van der Waals surface area contributed by atoms with Gasteiger partial charge in [-0.15, -0.1) is 0 Å². The van der Waals surface area contributed by atoms with Crippen LogP contribution in [0, 0.1) is 5.92 Å². The molecule has 0 fully saturated rings. The van der Waals surface area contributed by atoms with Crippen molar-refractivity contribution in [3.05, 3.63) is 48.1 Å². The van der Waals surface area contributed by atoms with E-state index in [9.17, 15) is 8.42 Å². The molecule has 0 aliphatic heterocycles. The molecule has 0 rings (SSSR count). The van der Waals surface area contributed by atoms with Crippen molar-refractivity contribution in [2.75, 3.05) is 0 Å². The van der Waals surface area contributed by atoms with E-state index in [2.05, 4.69) is 56.5 Å². The highest BCUT2D eigenvalue weighted by Crippen LogP contribution is 2.21. The van der Waals surface area contributed by atoms with Gasteiger partial charge in [-0.2, -0.15) is 0 Å². The van der Waals surface area contributed by atoms with Gasteiger partial charge in [-0.1, -0.05) is 56.0 Å². The lowest BCUT2D eigenvalue weighted by Crippen LogP contribution is -2.21. The maximum atomic E-state index is 11.3. The van der Waals surface area contributed by atoms with E-state index >= 15 is 0 Å². The van der Waals surface area contributed by atoms with E-state index in [4.69, 9.17) is 9.88 Å². The summed E-state index contributed by atoms with van der Waals surface area (Å²) in [5.74, 6) is 1.19. The van der Waals surface area contributed by atoms with Gasteiger partial charge in [0.2, 0.25) is 10.0 Å². The summed E-state index contributed by atoms with van der Waals surface area (Å²) in [6.45, 7) is 13.7. The van der Waals surface area contributed by atoms with Gasteiger partial charge in [-0.05, 0) is 50.0 Å². The predicted octanol–water partition coefficient (Wildman–Crippen LogP) is 4.45. The minimum atomic E-state index is -3.78. The van der Waals surface area contributed by atoms with Gasteiger partial charge in [0.15, 0.2) is 0 Å². The first-order valence-corrected chi connectivity index (χ1v) is 10.4. The van der Waals surface area contributed by atoms with E-state index in [1.807, 2.05) is 0 Å². The first-order valence-electron chi connectivity index (χ1n) is 7.62. The summed E-state index contributed by atoms with van der Waals surface area (Å²) in [6, 6.07) is 0. The van der Waals surface area contributed by atoms with E-state index in [-0.39, 0.29) is 11.0 Å². The second-order valence-electron chi connectivity index (χ2n) is 5.75. The summed E-state index contributed by atoms with van der Waals surface area (Å²) in [7, 11) is -3.78. The first kappa shape index (κ1) is 22.4. The number of ether oxygens (including phenoxy) is 1. The zero-order chi connectivity index (χ0) is 18.0. The molecule has 2 N–H and O–H groups in total. The van der Waals surface area contributed by atoms with Gasteiger partial charge < -0.3 is 4.74 Å². The molecule has 0 radical (unpaired) electrons. The molecule has 0 saturated carbocycles. The van der Waals surface area contributed by atoms with Crippen molar-refractivity contribution in [1.29, 1.82) is 0 Å². The van der Waals surface area contributed by atoms with Crippen LogP contribution in [0.4, 0.5) is 0 Å². The molecule has 0 heterocycles. The molecule has 4 nitrogen and oxygen atoms in total. The molecule has 0 amide bonds. The number of rotatable bonds is 11. The van der Waals surface area contributed by atoms with Crippen molar-refractivity contribution in [2.45, 2.75) is 50.1 Å². The zero-order valence-electron chi connectivity index (χ0n) is 14.2. The number of hydrogen-bond acceptors (Lipinski definition) is 3. The summed E-state index contributed by atoms with van der Waals surface area (Å²) in [6.07, 6.45) is 8.94. The third-order valence-corrected chi connectivity index (χ3v) is 4.97. The predicted molar refractivity (Wildman–Crippen MR) is 107 cm³/mol. The Bertz CT molecular complexity index is 548. The second kappa shape index (κ2) is 11.0. The van der Waals surface area contributed by atoms with Gasteiger partial charge in [-0.3, -0.25) is 0 Å². The summed E-state index contributed by atoms with van der Waals surface area (Å²) < 4.78 is 29.0. The van der Waals surface area contributed by atoms with Crippen molar-refractivity contribution in [3.63, 3.8) is 0 Å². The third kappa shape index (κ3) is 9.99. The number of allylic oxidation sites excluding steroid dienone is 4. The number of primary sulfonamides is 1. The number of alkyl halides is 1. The molecule has 132 valence electrons. The fourth-order valence-corrected chi connectivity index (χ4v) is 2.88. The molecule has 0 saturated heterocycles. The smallest absolute Gasteiger partial charge is 0.238 e. The van der Waals surface area contributed by atoms with Gasteiger partial charge in [0.25, 0.3) is 0 Å². The van der Waals surface area contributed by atoms with Crippen molar-refractivity contribution in [2.24, 2.45) is 11.1 Å². The van der Waals surface area contributed by atoms with Crippen molar-refractivity contribution in [3.8, 4) is 0 Å². The number of sulfonamides is 1. The molecule has 2 unspecified atom stereocenters. The second-order valence-corrected chi connectivity index (χ2v) is 9.28. The van der Waals surface area contributed by atoms with Crippen LogP contribution in [0.3, 0.4) is 0 Å². The monoisotopic (exact) mass is 453 g/mol. The highest BCUT2D eigenvalue weighted by Gasteiger charge is 2.17. The number of halogens is 1. The molecule has 0 spiro atoms. The molecule has 2 atom stereocenters. The van der Waals surface area contributed by atoms with Crippen molar-refractivity contribution >= 4 is 32.6 Å². The van der Waals surface area contributed by atoms with E-state index in [1.54, 1.807) is 12.2 Å². The van der Waals surface area contributed by atoms with Gasteiger partial charge in [0.05, 0.1) is 4.91 Å². The van der Waals surface area contributed by atoms with Gasteiger partial charge in [-0.25, -0.2) is 13.6 Å². The fourth-order valence-electron chi connectivity index (χ4n) is 1.88. The lowest BCUT2D eigenvalue weighted by atomic mass is 10.0. The minimum absolute atomic E-state index is 0.0497. The molecule has 0 aliphatic carbocycles. The van der Waals surface area contributed by atoms with Crippen LogP contribution in [0.25, 0.3) is 0 Å². The van der Waals surface area contributed by atoms with Crippen LogP contribution in [0.1, 0.15) is 40.0 Å². The zero-order valence-corrected chi connectivity index (χ0v) is 17.1. The van der Waals surface area contributed by atoms with Crippen molar-refractivity contribution in [1.82, 2.24) is 0 Å². The fraction of sp³-hybridized carbons (Fsp3) is 0.529. The van der Waals surface area contributed by atoms with Crippen LogP contribution >= 0.6 is 22.6 Å². The summed E-state index contributed by atoms with van der Waals surface area (Å²) in [5.41, 5.74) is 0. The van der Waals surface area contributed by atoms with Crippen LogP contribution < -0.4 is 5.14 Å². The Morgan fingerprint density at radius 1 is 1.17 bits per heavy atom. The number of nitrogens with two attached hydrogens (primary N) is 1. The van der Waals surface area contributed by atoms with Crippen LogP contribution in [0.15, 0.2) is 48.1 Å². The topological polar surface area (TPSA) is 69.4 Å². The van der Waals surface area contributed by atoms with E-state index in [0.29, 0.717) is 15.6 Å². The van der Waals surface area contributed by atoms with E-state index in [0.717, 1.165) is 19.3 Å². The van der Waals surface area contributed by atoms with Crippen LogP contribution in [0.5, 0.6) is 0 Å². The van der Waals surface area contributed by atoms with Crippen LogP contribution in [-0.4, -0.2) is 18.4 Å². The average molecular weight is 453 g/mol. The Hall–Kier alpha value is -0.600. The Morgan fingerprint density at radius 2 is 1.78 bits per heavy atom. The van der Waals surface area contributed by atoms with Crippen LogP contribution in [-0.2, 0) is 14.8 Å². The van der Waals surface area contributed by atoms with Crippen LogP contribution in [0.2, 0.25) is 0 Å². The summed E-state index contributed by atoms with van der Waals surface area (Å²) in [5, 5.41) is 5.10. The SMILES string of the molecule is C=C/C(=C\C=C(/C=C)S(N)(=O)=O)OC(CCCC(C)C)C(C)I. The molecule has 0 aliphatic rings. The Balaban J connectivity index is 5.06. The lowest BCUT2D eigenvalue weighted by molar-refractivity contribution is 0.118. The van der Waals surface area contributed by atoms with Crippen molar-refractivity contribution < 1.29 is 13.2 Å². The highest BCUT2D eigenvalue weighted by molar-refractivity contribution is 14.1. The lowest BCUT2D eigenvalue weighted by Gasteiger charge is -2.22. The van der Waals surface area contributed by atoms with Gasteiger partial charge >= 0.3 is 0 Å². The van der Waals surface area contributed by atoms with E-state index in [1.165, 1.54) is 12.2 Å². The molecule has 0 aromatic rings. The molecule has 6 heteroatoms. The highest BCUT2D eigenvalue weighted by atomic mass is 127. The number of hydrogen-bond donors (Lipinski definition) is 1. The summed E-state index contributed by atoms with van der Waals surface area (Å²) in [4.78, 5) is -0.0562. The molecular formula is C17H28INO3S. The molecule has 0 bridgehead atoms. The average Bonchev–Trinajstić information content (AvgIpc) is 2.42. The summed E-state index contributed by atoms with van der Waals surface area (Å²) >= 11 is 2.34. The maximum Gasteiger partial charge on any atom is 0.238 e. The maximum absolute atomic E-state index is 11.3. The minimum Gasteiger partial charge on any atom is -0.489 e. The Labute approximate surface area is 154 Å². The molecule has 0 aromatic heterocycles. The molecule has 0 aromatic carbocycles. The Morgan fingerprint density at radius 3 is 2.17 bits per heavy atom. The van der Waals surface area contributed by atoms with Gasteiger partial charge in [0, 0.05) is 3.92 Å². The largest absolute Gasteiger partial charge is 0.489 e. The standard InChI is InChI=1S/C17H28INO3S/c1-6-15(11-12-16(7-2)23(19,20)21)22-17(14(5)18)10-8-9-13(3)4/h6-7,11-14,17H,1-2,8-10H2,3-5H3,(H2,19,20,21)/b15-11+,16-12+. The molecule has 23 heavy (non-hydrogen) atoms. The third-order valence-electron chi connectivity index (χ3n) is 3.21. The molecular weight excluding hydrogens is 425 g/mol. The quantitative estimate of drug-likeness (QED) is 0.218. The Kier molecular flexibility index (Phi) is 10.8. The first-order chi connectivity index (χ1) is 10.6. The van der Waals surface area contributed by atoms with E-state index < -0.39 is 10.0 Å². The normalized spacial score (nSPS) is 16.1.